The van der Waals surface area contributed by atoms with Crippen molar-refractivity contribution in [3.63, 3.8) is 0 Å². The first-order chi connectivity index (χ1) is 8.01. The van der Waals surface area contributed by atoms with E-state index in [1.807, 2.05) is 39.2 Å². The monoisotopic (exact) mass is 232 g/mol. The summed E-state index contributed by atoms with van der Waals surface area (Å²) in [7, 11) is 1.84. The largest absolute Gasteiger partial charge is 0.399 e. The van der Waals surface area contributed by atoms with Gasteiger partial charge in [-0.2, -0.15) is 0 Å². The van der Waals surface area contributed by atoms with Crippen LogP contribution in [0.3, 0.4) is 0 Å². The molecule has 0 aliphatic heterocycles. The highest BCUT2D eigenvalue weighted by Gasteiger charge is 2.24. The fraction of sp³-hybridized carbons (Fsp3) is 0.308. The van der Waals surface area contributed by atoms with Crippen LogP contribution in [0, 0.1) is 6.92 Å². The molecule has 0 radical (unpaired) electrons. The summed E-state index contributed by atoms with van der Waals surface area (Å²) in [6.45, 7) is 7.59. The van der Waals surface area contributed by atoms with Crippen LogP contribution in [-0.4, -0.2) is 17.7 Å². The molecule has 1 aromatic rings. The topological polar surface area (TPSA) is 63.0 Å². The van der Waals surface area contributed by atoms with Gasteiger partial charge in [-0.25, -0.2) is 4.98 Å². The minimum absolute atomic E-state index is 0.545. The lowest BCUT2D eigenvalue weighted by Crippen LogP contribution is -2.51. The summed E-state index contributed by atoms with van der Waals surface area (Å²) in [5, 5.41) is 6.39. The van der Waals surface area contributed by atoms with Crippen LogP contribution in [0.1, 0.15) is 12.5 Å². The van der Waals surface area contributed by atoms with E-state index < -0.39 is 5.66 Å². The Bertz CT molecular complexity index is 408. The lowest BCUT2D eigenvalue weighted by molar-refractivity contribution is 0.505. The minimum Gasteiger partial charge on any atom is -0.399 e. The van der Waals surface area contributed by atoms with Crippen molar-refractivity contribution in [1.29, 1.82) is 0 Å². The van der Waals surface area contributed by atoms with Crippen molar-refractivity contribution in [1.82, 2.24) is 10.3 Å². The molecule has 0 aliphatic carbocycles. The van der Waals surface area contributed by atoms with Gasteiger partial charge in [0.15, 0.2) is 0 Å². The van der Waals surface area contributed by atoms with E-state index in [0.717, 1.165) is 11.4 Å². The second-order valence-electron chi connectivity index (χ2n) is 4.08. The summed E-state index contributed by atoms with van der Waals surface area (Å²) in [6.07, 6.45) is 5.23. The van der Waals surface area contributed by atoms with Crippen molar-refractivity contribution < 1.29 is 0 Å². The molecule has 0 bridgehead atoms. The second-order valence-corrected chi connectivity index (χ2v) is 4.08. The van der Waals surface area contributed by atoms with Gasteiger partial charge in [-0.3, -0.25) is 5.32 Å². The second kappa shape index (κ2) is 5.50. The molecule has 0 spiro atoms. The summed E-state index contributed by atoms with van der Waals surface area (Å²) in [5.74, 6) is 0.771. The van der Waals surface area contributed by atoms with Gasteiger partial charge < -0.3 is 11.1 Å². The molecule has 0 aliphatic rings. The van der Waals surface area contributed by atoms with Crippen molar-refractivity contribution in [2.75, 3.05) is 12.4 Å². The van der Waals surface area contributed by atoms with Gasteiger partial charge in [-0.1, -0.05) is 18.7 Å². The van der Waals surface area contributed by atoms with Crippen LogP contribution < -0.4 is 16.4 Å². The quantitative estimate of drug-likeness (QED) is 0.535. The predicted octanol–water partition coefficient (Wildman–Crippen LogP) is 1.77. The van der Waals surface area contributed by atoms with Crippen LogP contribution >= 0.6 is 0 Å². The number of likely N-dealkylation sites (N-methyl/N-ethyl adjacent to an activating group) is 1. The molecule has 1 rings (SSSR count). The number of rotatable bonds is 5. The van der Waals surface area contributed by atoms with Crippen LogP contribution in [-0.2, 0) is 0 Å². The molecule has 1 unspecified atom stereocenters. The molecule has 0 saturated carbocycles. The van der Waals surface area contributed by atoms with E-state index in [-0.39, 0.29) is 0 Å². The first-order valence-corrected chi connectivity index (χ1v) is 5.50. The van der Waals surface area contributed by atoms with Crippen molar-refractivity contribution in [2.24, 2.45) is 5.73 Å². The number of nitrogens with two attached hydrogens (primary N) is 1. The van der Waals surface area contributed by atoms with Crippen LogP contribution in [0.5, 0.6) is 0 Å². The van der Waals surface area contributed by atoms with Crippen molar-refractivity contribution in [3.8, 4) is 0 Å². The molecule has 0 aromatic carbocycles. The predicted molar refractivity (Wildman–Crippen MR) is 72.5 cm³/mol. The number of aromatic nitrogens is 1. The van der Waals surface area contributed by atoms with E-state index in [1.54, 1.807) is 12.2 Å². The van der Waals surface area contributed by atoms with Crippen LogP contribution in [0.2, 0.25) is 0 Å². The number of nitrogens with zero attached hydrogens (tertiary/aromatic N) is 1. The highest BCUT2D eigenvalue weighted by molar-refractivity contribution is 5.42. The van der Waals surface area contributed by atoms with Crippen LogP contribution in [0.25, 0.3) is 0 Å². The highest BCUT2D eigenvalue weighted by Crippen LogP contribution is 2.15. The number of hydrogen-bond acceptors (Lipinski definition) is 4. The van der Waals surface area contributed by atoms with E-state index >= 15 is 0 Å². The molecule has 4 heteroatoms. The van der Waals surface area contributed by atoms with Gasteiger partial charge in [0.05, 0.1) is 0 Å². The van der Waals surface area contributed by atoms with Crippen molar-refractivity contribution in [3.05, 3.63) is 48.3 Å². The molecular weight excluding hydrogens is 212 g/mol. The van der Waals surface area contributed by atoms with Crippen molar-refractivity contribution >= 4 is 5.82 Å². The van der Waals surface area contributed by atoms with Gasteiger partial charge in [-0.15, -0.1) is 0 Å². The highest BCUT2D eigenvalue weighted by atomic mass is 15.2. The van der Waals surface area contributed by atoms with E-state index in [0.29, 0.717) is 5.70 Å². The molecule has 1 atom stereocenters. The van der Waals surface area contributed by atoms with Gasteiger partial charge in [-0.05, 0) is 38.6 Å². The van der Waals surface area contributed by atoms with Gasteiger partial charge >= 0.3 is 0 Å². The molecule has 17 heavy (non-hydrogen) atoms. The van der Waals surface area contributed by atoms with Gasteiger partial charge in [0, 0.05) is 11.9 Å². The summed E-state index contributed by atoms with van der Waals surface area (Å²) in [5.41, 5.74) is 7.21. The molecule has 1 aromatic heterocycles. The average molecular weight is 232 g/mol. The van der Waals surface area contributed by atoms with E-state index in [9.17, 15) is 0 Å². The summed E-state index contributed by atoms with van der Waals surface area (Å²) < 4.78 is 0. The SMILES string of the molecule is C=C/C=C(/N)C(C)(NC)Nc1ccc(C)cn1. The van der Waals surface area contributed by atoms with E-state index in [2.05, 4.69) is 22.2 Å². The molecule has 0 saturated heterocycles. The molecule has 4 nitrogen and oxygen atoms in total. The number of allylic oxidation sites excluding steroid dienone is 2. The summed E-state index contributed by atoms with van der Waals surface area (Å²) in [4.78, 5) is 4.29. The molecule has 4 N–H and O–H groups in total. The fourth-order valence-electron chi connectivity index (χ4n) is 1.37. The minimum atomic E-state index is -0.545. The Hall–Kier alpha value is -1.81. The lowest BCUT2D eigenvalue weighted by Gasteiger charge is -2.31. The van der Waals surface area contributed by atoms with Gasteiger partial charge in [0.2, 0.25) is 0 Å². The maximum atomic E-state index is 5.99. The summed E-state index contributed by atoms with van der Waals surface area (Å²) in [6, 6.07) is 3.92. The van der Waals surface area contributed by atoms with E-state index in [4.69, 9.17) is 5.73 Å². The summed E-state index contributed by atoms with van der Waals surface area (Å²) >= 11 is 0. The molecular formula is C13H20N4. The number of hydrogen-bond donors (Lipinski definition) is 3. The number of pyridine rings is 1. The Morgan fingerprint density at radius 2 is 2.24 bits per heavy atom. The molecule has 0 amide bonds. The third-order valence-corrected chi connectivity index (χ3v) is 2.66. The van der Waals surface area contributed by atoms with Crippen LogP contribution in [0.15, 0.2) is 42.8 Å². The average Bonchev–Trinajstić information content (AvgIpc) is 2.32. The number of nitrogens with one attached hydrogen (secondary N) is 2. The molecule has 1 heterocycles. The third kappa shape index (κ3) is 3.32. The first kappa shape index (κ1) is 13.3. The number of anilines is 1. The number of aryl methyl sites for hydroxylation is 1. The van der Waals surface area contributed by atoms with Crippen molar-refractivity contribution in [2.45, 2.75) is 19.5 Å². The zero-order chi connectivity index (χ0) is 12.9. The normalized spacial score (nSPS) is 15.1. The Morgan fingerprint density at radius 3 is 2.71 bits per heavy atom. The standard InChI is InChI=1S/C13H20N4/c1-5-6-11(14)13(3,15-4)17-12-8-7-10(2)9-16-12/h5-9,15H,1,14H2,2-4H3,(H,16,17)/b11-6+. The smallest absolute Gasteiger partial charge is 0.127 e. The van der Waals surface area contributed by atoms with Gasteiger partial charge in [0.25, 0.3) is 0 Å². The zero-order valence-electron chi connectivity index (χ0n) is 10.6. The van der Waals surface area contributed by atoms with Gasteiger partial charge in [0.1, 0.15) is 11.5 Å². The Morgan fingerprint density at radius 1 is 1.53 bits per heavy atom. The Balaban J connectivity index is 2.92. The maximum absolute atomic E-state index is 5.99. The third-order valence-electron chi connectivity index (χ3n) is 2.66. The lowest BCUT2D eigenvalue weighted by atomic mass is 10.1. The first-order valence-electron chi connectivity index (χ1n) is 5.50. The van der Waals surface area contributed by atoms with E-state index in [1.165, 1.54) is 0 Å². The Labute approximate surface area is 103 Å². The molecule has 0 fully saturated rings. The fourth-order valence-corrected chi connectivity index (χ4v) is 1.37. The Kier molecular flexibility index (Phi) is 4.29. The van der Waals surface area contributed by atoms with Crippen LogP contribution in [0.4, 0.5) is 5.82 Å². The maximum Gasteiger partial charge on any atom is 0.127 e. The zero-order valence-corrected chi connectivity index (χ0v) is 10.6. The molecule has 92 valence electrons.